The Balaban J connectivity index is 3.56. The number of aliphatic hydroxyl groups is 1. The van der Waals surface area contributed by atoms with Gasteiger partial charge >= 0.3 is 5.97 Å². The molecule has 0 rings (SSSR count). The van der Waals surface area contributed by atoms with E-state index in [0.717, 1.165) is 25.7 Å². The van der Waals surface area contributed by atoms with Gasteiger partial charge in [-0.2, -0.15) is 0 Å². The zero-order valence-corrected chi connectivity index (χ0v) is 12.7. The molecule has 0 aromatic carbocycles. The lowest BCUT2D eigenvalue weighted by Gasteiger charge is -1.98. The lowest BCUT2D eigenvalue weighted by molar-refractivity contribution is -0.137. The minimum atomic E-state index is -0.744. The molecule has 0 aromatic heterocycles. The van der Waals surface area contributed by atoms with E-state index in [1.54, 1.807) is 43.4 Å². The second kappa shape index (κ2) is 13.3. The molecule has 0 aromatic rings. The molecular weight excluding hydrogens is 268 g/mol. The molecule has 4 heteroatoms. The number of carbonyl (C=O) groups is 2. The molecule has 0 saturated carbocycles. The number of allylic oxidation sites excluding steroid dienone is 5. The highest BCUT2D eigenvalue weighted by Gasteiger charge is 1.98. The fourth-order valence-corrected chi connectivity index (χ4v) is 1.71. The van der Waals surface area contributed by atoms with Gasteiger partial charge in [-0.3, -0.25) is 9.59 Å². The van der Waals surface area contributed by atoms with Crippen LogP contribution in [0, 0.1) is 0 Å². The molecule has 21 heavy (non-hydrogen) atoms. The summed E-state index contributed by atoms with van der Waals surface area (Å²) >= 11 is 0. The molecule has 1 atom stereocenters. The van der Waals surface area contributed by atoms with Crippen molar-refractivity contribution in [3.8, 4) is 0 Å². The van der Waals surface area contributed by atoms with Gasteiger partial charge in [0.05, 0.1) is 6.10 Å². The van der Waals surface area contributed by atoms with Crippen LogP contribution in [0.4, 0.5) is 0 Å². The summed E-state index contributed by atoms with van der Waals surface area (Å²) in [5.74, 6) is -0.642. The minimum absolute atomic E-state index is 0.102. The maximum Gasteiger partial charge on any atom is 0.303 e. The van der Waals surface area contributed by atoms with Crippen molar-refractivity contribution >= 4 is 11.8 Å². The van der Waals surface area contributed by atoms with Crippen LogP contribution in [0.25, 0.3) is 0 Å². The third kappa shape index (κ3) is 16.3. The van der Waals surface area contributed by atoms with Crippen molar-refractivity contribution in [2.75, 3.05) is 0 Å². The topological polar surface area (TPSA) is 74.6 Å². The largest absolute Gasteiger partial charge is 0.481 e. The maximum absolute atomic E-state index is 11.5. The Hall–Kier alpha value is -1.68. The summed E-state index contributed by atoms with van der Waals surface area (Å²) < 4.78 is 0. The van der Waals surface area contributed by atoms with Crippen LogP contribution in [0.5, 0.6) is 0 Å². The first-order chi connectivity index (χ1) is 10.0. The van der Waals surface area contributed by atoms with Gasteiger partial charge in [0.25, 0.3) is 0 Å². The standard InChI is InChI=1S/C17H26O4/c1-15(18)11-7-5-6-9-13-16(19)12-8-3-2-4-10-14-17(20)21/h5-7,9,11,13,15,18H,2-4,8,10,12,14H2,1H3,(H,20,21). The monoisotopic (exact) mass is 294 g/mol. The highest BCUT2D eigenvalue weighted by atomic mass is 16.4. The van der Waals surface area contributed by atoms with Crippen molar-refractivity contribution in [3.63, 3.8) is 0 Å². The molecule has 0 aliphatic heterocycles. The van der Waals surface area contributed by atoms with E-state index >= 15 is 0 Å². The van der Waals surface area contributed by atoms with Gasteiger partial charge in [-0.15, -0.1) is 0 Å². The Morgan fingerprint density at radius 1 is 0.905 bits per heavy atom. The number of ketones is 1. The Morgan fingerprint density at radius 3 is 2.10 bits per heavy atom. The van der Waals surface area contributed by atoms with Gasteiger partial charge in [0.15, 0.2) is 5.78 Å². The second-order valence-electron chi connectivity index (χ2n) is 5.00. The van der Waals surface area contributed by atoms with Crippen LogP contribution in [-0.4, -0.2) is 28.1 Å². The van der Waals surface area contributed by atoms with Crippen molar-refractivity contribution in [2.45, 2.75) is 58.0 Å². The number of carbonyl (C=O) groups excluding carboxylic acids is 1. The first kappa shape index (κ1) is 19.3. The van der Waals surface area contributed by atoms with Crippen LogP contribution in [-0.2, 0) is 9.59 Å². The number of aliphatic carboxylic acids is 1. The van der Waals surface area contributed by atoms with E-state index in [0.29, 0.717) is 12.8 Å². The third-order valence-corrected chi connectivity index (χ3v) is 2.82. The van der Waals surface area contributed by atoms with E-state index in [4.69, 9.17) is 10.2 Å². The Bertz CT molecular complexity index is 378. The molecule has 0 aliphatic rings. The molecule has 0 saturated heterocycles. The first-order valence-corrected chi connectivity index (χ1v) is 7.46. The van der Waals surface area contributed by atoms with E-state index in [9.17, 15) is 9.59 Å². The Labute approximate surface area is 126 Å². The summed E-state index contributed by atoms with van der Waals surface area (Å²) in [6.45, 7) is 1.67. The molecule has 0 aliphatic carbocycles. The van der Waals surface area contributed by atoms with Crippen LogP contribution < -0.4 is 0 Å². The van der Waals surface area contributed by atoms with Crippen LogP contribution in [0.2, 0.25) is 0 Å². The van der Waals surface area contributed by atoms with Gasteiger partial charge in [-0.25, -0.2) is 0 Å². The SMILES string of the molecule is CC(O)C=CC=CC=CC(=O)CCCCCCCC(=O)O. The molecule has 118 valence electrons. The fourth-order valence-electron chi connectivity index (χ4n) is 1.71. The Kier molecular flexibility index (Phi) is 12.2. The number of carboxylic acids is 1. The van der Waals surface area contributed by atoms with E-state index < -0.39 is 12.1 Å². The van der Waals surface area contributed by atoms with Crippen LogP contribution >= 0.6 is 0 Å². The smallest absolute Gasteiger partial charge is 0.303 e. The summed E-state index contributed by atoms with van der Waals surface area (Å²) in [5, 5.41) is 17.5. The van der Waals surface area contributed by atoms with Crippen molar-refractivity contribution in [1.82, 2.24) is 0 Å². The van der Waals surface area contributed by atoms with E-state index in [-0.39, 0.29) is 12.2 Å². The van der Waals surface area contributed by atoms with E-state index in [1.165, 1.54) is 0 Å². The lowest BCUT2D eigenvalue weighted by Crippen LogP contribution is -1.94. The van der Waals surface area contributed by atoms with E-state index in [1.807, 2.05) is 0 Å². The summed E-state index contributed by atoms with van der Waals surface area (Å²) in [4.78, 5) is 21.8. The van der Waals surface area contributed by atoms with Crippen LogP contribution in [0.1, 0.15) is 51.9 Å². The summed E-state index contributed by atoms with van der Waals surface area (Å²) in [6.07, 6.45) is 14.9. The first-order valence-electron chi connectivity index (χ1n) is 7.46. The molecular formula is C17H26O4. The summed E-state index contributed by atoms with van der Waals surface area (Å²) in [5.41, 5.74) is 0. The third-order valence-electron chi connectivity index (χ3n) is 2.82. The zero-order chi connectivity index (χ0) is 15.9. The summed E-state index contributed by atoms with van der Waals surface area (Å²) in [7, 11) is 0. The zero-order valence-electron chi connectivity index (χ0n) is 12.7. The van der Waals surface area contributed by atoms with Gasteiger partial charge in [-0.1, -0.05) is 49.6 Å². The lowest BCUT2D eigenvalue weighted by atomic mass is 10.1. The second-order valence-corrected chi connectivity index (χ2v) is 5.00. The number of aliphatic hydroxyl groups excluding tert-OH is 1. The molecule has 1 unspecified atom stereocenters. The van der Waals surface area contributed by atoms with Gasteiger partial charge in [0.1, 0.15) is 0 Å². The van der Waals surface area contributed by atoms with Gasteiger partial charge < -0.3 is 10.2 Å². The highest BCUT2D eigenvalue weighted by molar-refractivity contribution is 5.89. The molecule has 0 amide bonds. The van der Waals surface area contributed by atoms with Gasteiger partial charge in [-0.05, 0) is 25.8 Å². The molecule has 2 N–H and O–H groups in total. The predicted octanol–water partition coefficient (Wildman–Crippen LogP) is 3.42. The van der Waals surface area contributed by atoms with Crippen molar-refractivity contribution in [3.05, 3.63) is 36.5 Å². The highest BCUT2D eigenvalue weighted by Crippen LogP contribution is 2.07. The van der Waals surface area contributed by atoms with Crippen LogP contribution in [0.15, 0.2) is 36.5 Å². The molecule has 0 heterocycles. The number of hydrogen-bond donors (Lipinski definition) is 2. The maximum atomic E-state index is 11.5. The van der Waals surface area contributed by atoms with E-state index in [2.05, 4.69) is 0 Å². The molecule has 0 spiro atoms. The van der Waals surface area contributed by atoms with Crippen molar-refractivity contribution < 1.29 is 19.8 Å². The average Bonchev–Trinajstić information content (AvgIpc) is 2.41. The van der Waals surface area contributed by atoms with Crippen molar-refractivity contribution in [2.24, 2.45) is 0 Å². The number of unbranched alkanes of at least 4 members (excludes halogenated alkanes) is 4. The quantitative estimate of drug-likeness (QED) is 0.328. The molecule has 4 nitrogen and oxygen atoms in total. The number of hydrogen-bond acceptors (Lipinski definition) is 3. The van der Waals surface area contributed by atoms with Gasteiger partial charge in [0.2, 0.25) is 0 Å². The predicted molar refractivity (Wildman–Crippen MR) is 84.1 cm³/mol. The fraction of sp³-hybridized carbons (Fsp3) is 0.529. The minimum Gasteiger partial charge on any atom is -0.481 e. The number of carboxylic acid groups (broad SMARTS) is 1. The molecule has 0 bridgehead atoms. The molecule has 0 fully saturated rings. The van der Waals surface area contributed by atoms with Crippen molar-refractivity contribution in [1.29, 1.82) is 0 Å². The number of rotatable bonds is 12. The molecule has 0 radical (unpaired) electrons. The van der Waals surface area contributed by atoms with Crippen LogP contribution in [0.3, 0.4) is 0 Å². The average molecular weight is 294 g/mol. The summed E-state index contributed by atoms with van der Waals surface area (Å²) in [6, 6.07) is 0. The normalized spacial score (nSPS) is 13.4. The Morgan fingerprint density at radius 2 is 1.48 bits per heavy atom. The van der Waals surface area contributed by atoms with Gasteiger partial charge in [0, 0.05) is 12.8 Å².